The zero-order valence-corrected chi connectivity index (χ0v) is 23.5. The van der Waals surface area contributed by atoms with Crippen LogP contribution in [0.1, 0.15) is 57.6 Å². The summed E-state index contributed by atoms with van der Waals surface area (Å²) in [6, 6.07) is 15.6. The maximum absolute atomic E-state index is 13.5. The van der Waals surface area contributed by atoms with E-state index in [-0.39, 0.29) is 23.6 Å². The number of aryl methyl sites for hydroxylation is 1. The summed E-state index contributed by atoms with van der Waals surface area (Å²) in [5, 5.41) is 12.2. The van der Waals surface area contributed by atoms with E-state index in [4.69, 9.17) is 4.74 Å². The Labute approximate surface area is 232 Å². The second kappa shape index (κ2) is 15.9. The van der Waals surface area contributed by atoms with Crippen LogP contribution in [0.5, 0.6) is 5.75 Å². The van der Waals surface area contributed by atoms with Crippen LogP contribution < -0.4 is 26.0 Å². The minimum atomic E-state index is -0.759. The maximum Gasteiger partial charge on any atom is 0.243 e. The van der Waals surface area contributed by atoms with Crippen molar-refractivity contribution in [2.24, 2.45) is 5.92 Å². The molecule has 0 saturated heterocycles. The Morgan fingerprint density at radius 3 is 2.28 bits per heavy atom. The molecule has 3 amide bonds. The van der Waals surface area contributed by atoms with Crippen molar-refractivity contribution < 1.29 is 19.1 Å². The lowest BCUT2D eigenvalue weighted by Gasteiger charge is -2.26. The number of amides is 3. The van der Waals surface area contributed by atoms with E-state index in [1.165, 1.54) is 0 Å². The van der Waals surface area contributed by atoms with Gasteiger partial charge in [-0.15, -0.1) is 0 Å². The van der Waals surface area contributed by atoms with Crippen molar-refractivity contribution in [1.82, 2.24) is 21.3 Å². The molecule has 8 nitrogen and oxygen atoms in total. The summed E-state index contributed by atoms with van der Waals surface area (Å²) >= 11 is 0. The number of hydrogen-bond donors (Lipinski definition) is 4. The molecule has 3 atom stereocenters. The van der Waals surface area contributed by atoms with E-state index in [0.29, 0.717) is 39.0 Å². The second-order valence-electron chi connectivity index (χ2n) is 10.6. The average Bonchev–Trinajstić information content (AvgIpc) is 2.92. The second-order valence-corrected chi connectivity index (χ2v) is 10.6. The summed E-state index contributed by atoms with van der Waals surface area (Å²) in [7, 11) is 0. The predicted molar refractivity (Wildman–Crippen MR) is 153 cm³/mol. The lowest BCUT2D eigenvalue weighted by Crippen LogP contribution is -2.57. The summed E-state index contributed by atoms with van der Waals surface area (Å²) in [6.45, 7) is 7.44. The van der Waals surface area contributed by atoms with Gasteiger partial charge in [-0.05, 0) is 48.8 Å². The van der Waals surface area contributed by atoms with Crippen molar-refractivity contribution in [3.63, 3.8) is 0 Å². The van der Waals surface area contributed by atoms with E-state index in [0.717, 1.165) is 36.1 Å². The van der Waals surface area contributed by atoms with Gasteiger partial charge in [0.1, 0.15) is 24.4 Å². The number of fused-ring (bicyclic) bond motifs is 1. The number of nitrogens with one attached hydrogen (secondary N) is 4. The molecule has 0 radical (unpaired) electrons. The lowest BCUT2D eigenvalue weighted by molar-refractivity contribution is -0.133. The van der Waals surface area contributed by atoms with Gasteiger partial charge in [0.25, 0.3) is 0 Å². The summed E-state index contributed by atoms with van der Waals surface area (Å²) < 4.78 is 6.04. The Bertz CT molecular complexity index is 1060. The largest absolute Gasteiger partial charge is 0.492 e. The highest BCUT2D eigenvalue weighted by Gasteiger charge is 2.29. The Morgan fingerprint density at radius 2 is 1.54 bits per heavy atom. The molecule has 0 spiro atoms. The van der Waals surface area contributed by atoms with Crippen LogP contribution in [0.4, 0.5) is 0 Å². The molecule has 1 aliphatic heterocycles. The number of carbonyl (C=O) groups is 3. The van der Waals surface area contributed by atoms with Crippen LogP contribution in [0.2, 0.25) is 0 Å². The number of para-hydroxylation sites is 1. The summed E-state index contributed by atoms with van der Waals surface area (Å²) in [4.78, 5) is 40.1. The molecule has 1 aliphatic rings. The van der Waals surface area contributed by atoms with Crippen molar-refractivity contribution in [3.05, 3.63) is 65.7 Å². The molecule has 1 heterocycles. The Balaban J connectivity index is 1.85. The first-order valence-electron chi connectivity index (χ1n) is 14.2. The zero-order valence-electron chi connectivity index (χ0n) is 23.5. The minimum absolute atomic E-state index is 0.173. The van der Waals surface area contributed by atoms with Crippen molar-refractivity contribution >= 4 is 17.7 Å². The SMILES string of the molecule is CCC[C@@H]1NCCOc2ccccc2CCCNC(=O)[C@@H](Cc2ccccc2)NC(=O)[C@H](CC(C)C)NC1=O. The summed E-state index contributed by atoms with van der Waals surface area (Å²) in [5.74, 6) is 0.184. The topological polar surface area (TPSA) is 109 Å². The van der Waals surface area contributed by atoms with Crippen LogP contribution in [-0.4, -0.2) is 55.5 Å². The highest BCUT2D eigenvalue weighted by atomic mass is 16.5. The maximum atomic E-state index is 13.5. The van der Waals surface area contributed by atoms with Crippen LogP contribution in [0.3, 0.4) is 0 Å². The van der Waals surface area contributed by atoms with E-state index >= 15 is 0 Å². The van der Waals surface area contributed by atoms with Gasteiger partial charge >= 0.3 is 0 Å². The van der Waals surface area contributed by atoms with E-state index in [1.54, 1.807) is 0 Å². The Hall–Kier alpha value is -3.39. The quantitative estimate of drug-likeness (QED) is 0.454. The number of carbonyl (C=O) groups excluding carboxylic acids is 3. The first-order chi connectivity index (χ1) is 18.9. The van der Waals surface area contributed by atoms with Gasteiger partial charge in [-0.3, -0.25) is 14.4 Å². The van der Waals surface area contributed by atoms with Crippen LogP contribution in [0, 0.1) is 5.92 Å². The number of ether oxygens (including phenoxy) is 1. The molecule has 0 fully saturated rings. The van der Waals surface area contributed by atoms with E-state index in [1.807, 2.05) is 75.4 Å². The monoisotopic (exact) mass is 536 g/mol. The zero-order chi connectivity index (χ0) is 28.0. The number of benzene rings is 2. The van der Waals surface area contributed by atoms with Crippen molar-refractivity contribution in [3.8, 4) is 5.75 Å². The van der Waals surface area contributed by atoms with Crippen molar-refractivity contribution in [1.29, 1.82) is 0 Å². The first-order valence-corrected chi connectivity index (χ1v) is 14.2. The number of hydrogen-bond acceptors (Lipinski definition) is 5. The molecule has 39 heavy (non-hydrogen) atoms. The van der Waals surface area contributed by atoms with E-state index in [2.05, 4.69) is 21.3 Å². The van der Waals surface area contributed by atoms with Gasteiger partial charge in [-0.25, -0.2) is 0 Å². The molecule has 8 heteroatoms. The van der Waals surface area contributed by atoms with E-state index in [9.17, 15) is 14.4 Å². The molecule has 0 bridgehead atoms. The van der Waals surface area contributed by atoms with Crippen LogP contribution in [0.15, 0.2) is 54.6 Å². The van der Waals surface area contributed by atoms with Crippen LogP contribution in [0.25, 0.3) is 0 Å². The fourth-order valence-electron chi connectivity index (χ4n) is 4.78. The average molecular weight is 537 g/mol. The van der Waals surface area contributed by atoms with Gasteiger partial charge < -0.3 is 26.0 Å². The molecule has 212 valence electrons. The highest BCUT2D eigenvalue weighted by molar-refractivity contribution is 5.93. The minimum Gasteiger partial charge on any atom is -0.492 e. The van der Waals surface area contributed by atoms with Gasteiger partial charge in [0.05, 0.1) is 6.04 Å². The first kappa shape index (κ1) is 30.2. The standard InChI is InChI=1S/C31H44N4O4/c1-4-11-25-30(37)34-26(20-22(2)3)31(38)35-27(21-23-12-6-5-7-13-23)29(36)33-17-10-15-24-14-8-9-16-28(24)39-19-18-32-25/h5-9,12-14,16,22,25-27,32H,4,10-11,15,17-21H2,1-3H3,(H,33,36)(H,34,37)(H,35,38)/t25-,26-,27+/m0/s1. The van der Waals surface area contributed by atoms with Gasteiger partial charge in [-0.2, -0.15) is 0 Å². The molecule has 0 saturated carbocycles. The van der Waals surface area contributed by atoms with Crippen molar-refractivity contribution in [2.75, 3.05) is 19.7 Å². The van der Waals surface area contributed by atoms with Crippen LogP contribution >= 0.6 is 0 Å². The van der Waals surface area contributed by atoms with E-state index < -0.39 is 18.1 Å². The third-order valence-corrected chi connectivity index (χ3v) is 6.79. The molecular formula is C31H44N4O4. The molecular weight excluding hydrogens is 492 g/mol. The van der Waals surface area contributed by atoms with Gasteiger partial charge in [0.15, 0.2) is 0 Å². The molecule has 0 aliphatic carbocycles. The molecule has 4 N–H and O–H groups in total. The predicted octanol–water partition coefficient (Wildman–Crippen LogP) is 3.14. The Morgan fingerprint density at radius 1 is 0.846 bits per heavy atom. The Kier molecular flexibility index (Phi) is 12.3. The highest BCUT2D eigenvalue weighted by Crippen LogP contribution is 2.19. The van der Waals surface area contributed by atoms with Gasteiger partial charge in [-0.1, -0.05) is 75.7 Å². The summed E-state index contributed by atoms with van der Waals surface area (Å²) in [5.41, 5.74) is 2.02. The van der Waals surface area contributed by atoms with Crippen LogP contribution in [-0.2, 0) is 27.2 Å². The van der Waals surface area contributed by atoms with Gasteiger partial charge in [0, 0.05) is 19.5 Å². The molecule has 0 aromatic heterocycles. The lowest BCUT2D eigenvalue weighted by atomic mass is 10.00. The van der Waals surface area contributed by atoms with Gasteiger partial charge in [0.2, 0.25) is 17.7 Å². The molecule has 0 unspecified atom stereocenters. The third kappa shape index (κ3) is 10.0. The van der Waals surface area contributed by atoms with Crippen molar-refractivity contribution in [2.45, 2.75) is 77.4 Å². The third-order valence-electron chi connectivity index (χ3n) is 6.79. The fraction of sp³-hybridized carbons (Fsp3) is 0.516. The normalized spacial score (nSPS) is 21.9. The molecule has 3 rings (SSSR count). The smallest absolute Gasteiger partial charge is 0.243 e. The molecule has 2 aromatic rings. The molecule has 2 aromatic carbocycles. The fourth-order valence-corrected chi connectivity index (χ4v) is 4.78. The summed E-state index contributed by atoms with van der Waals surface area (Å²) in [6.07, 6.45) is 3.76. The number of rotatable bonds is 6.